The summed E-state index contributed by atoms with van der Waals surface area (Å²) in [6.45, 7) is 3.80. The van der Waals surface area contributed by atoms with Gasteiger partial charge in [0, 0.05) is 16.7 Å². The van der Waals surface area contributed by atoms with Crippen LogP contribution in [0.3, 0.4) is 0 Å². The van der Waals surface area contributed by atoms with E-state index in [1.807, 2.05) is 44.2 Å². The number of amides is 2. The molecule has 3 aromatic rings. The standard InChI is InChI=1S/C23H23N3O4S/c1-15(2)30-19-12-11-16(14-20(19)29-3)21(27)25-26-22(28)18-10-7-13-24-23(18)31-17-8-5-4-6-9-17/h4-15H,1-3H3,(H,25,27)(H,26,28). The quantitative estimate of drug-likeness (QED) is 0.541. The number of hydrogen-bond donors (Lipinski definition) is 2. The molecule has 8 heteroatoms. The van der Waals surface area contributed by atoms with Crippen LogP contribution in [0.1, 0.15) is 34.6 Å². The Bertz CT molecular complexity index is 1060. The summed E-state index contributed by atoms with van der Waals surface area (Å²) < 4.78 is 11.0. The highest BCUT2D eigenvalue weighted by Crippen LogP contribution is 2.29. The number of pyridine rings is 1. The molecule has 1 aromatic heterocycles. The van der Waals surface area contributed by atoms with E-state index >= 15 is 0 Å². The minimum absolute atomic E-state index is 0.0321. The number of rotatable bonds is 7. The largest absolute Gasteiger partial charge is 0.493 e. The highest BCUT2D eigenvalue weighted by Gasteiger charge is 2.16. The van der Waals surface area contributed by atoms with E-state index < -0.39 is 11.8 Å². The number of ether oxygens (including phenoxy) is 2. The van der Waals surface area contributed by atoms with Crippen molar-refractivity contribution in [1.29, 1.82) is 0 Å². The Hall–Kier alpha value is -3.52. The van der Waals surface area contributed by atoms with Crippen LogP contribution in [0.5, 0.6) is 11.5 Å². The van der Waals surface area contributed by atoms with E-state index in [-0.39, 0.29) is 6.10 Å². The maximum Gasteiger partial charge on any atom is 0.272 e. The number of aromatic nitrogens is 1. The third-order valence-corrected chi connectivity index (χ3v) is 5.08. The average molecular weight is 438 g/mol. The number of methoxy groups -OCH3 is 1. The van der Waals surface area contributed by atoms with Crippen LogP contribution in [0, 0.1) is 0 Å². The van der Waals surface area contributed by atoms with Gasteiger partial charge < -0.3 is 9.47 Å². The van der Waals surface area contributed by atoms with Gasteiger partial charge >= 0.3 is 0 Å². The normalized spacial score (nSPS) is 10.5. The summed E-state index contributed by atoms with van der Waals surface area (Å²) in [5.41, 5.74) is 5.55. The molecule has 0 atom stereocenters. The number of hydrogen-bond acceptors (Lipinski definition) is 6. The second-order valence-corrected chi connectivity index (χ2v) is 7.77. The SMILES string of the molecule is COc1cc(C(=O)NNC(=O)c2cccnc2Sc2ccccc2)ccc1OC(C)C. The molecule has 3 rings (SSSR count). The fourth-order valence-corrected chi connectivity index (χ4v) is 3.56. The Morgan fingerprint density at radius 3 is 2.39 bits per heavy atom. The van der Waals surface area contributed by atoms with Gasteiger partial charge in [0.05, 0.1) is 18.8 Å². The molecule has 2 aromatic carbocycles. The molecule has 1 heterocycles. The van der Waals surface area contributed by atoms with Crippen LogP contribution in [0.2, 0.25) is 0 Å². The summed E-state index contributed by atoms with van der Waals surface area (Å²) in [6.07, 6.45) is 1.59. The van der Waals surface area contributed by atoms with Crippen molar-refractivity contribution in [3.8, 4) is 11.5 Å². The summed E-state index contributed by atoms with van der Waals surface area (Å²) in [5.74, 6) is 0.0213. The molecule has 0 saturated carbocycles. The van der Waals surface area contributed by atoms with Crippen LogP contribution in [0.15, 0.2) is 76.8 Å². The van der Waals surface area contributed by atoms with Gasteiger partial charge in [-0.1, -0.05) is 30.0 Å². The van der Waals surface area contributed by atoms with Crippen molar-refractivity contribution >= 4 is 23.6 Å². The first-order chi connectivity index (χ1) is 15.0. The van der Waals surface area contributed by atoms with Gasteiger partial charge in [0.2, 0.25) is 0 Å². The zero-order valence-corrected chi connectivity index (χ0v) is 18.2. The van der Waals surface area contributed by atoms with Crippen molar-refractivity contribution in [2.45, 2.75) is 29.9 Å². The van der Waals surface area contributed by atoms with Crippen molar-refractivity contribution in [3.05, 3.63) is 78.0 Å². The predicted octanol–water partition coefficient (Wildman–Crippen LogP) is 4.10. The van der Waals surface area contributed by atoms with Gasteiger partial charge in [-0.2, -0.15) is 0 Å². The fourth-order valence-electron chi connectivity index (χ4n) is 2.66. The maximum atomic E-state index is 12.7. The minimum atomic E-state index is -0.483. The van der Waals surface area contributed by atoms with Crippen LogP contribution in [-0.4, -0.2) is 30.0 Å². The zero-order valence-electron chi connectivity index (χ0n) is 17.4. The van der Waals surface area contributed by atoms with Crippen LogP contribution in [0.25, 0.3) is 0 Å². The van der Waals surface area contributed by atoms with Crippen LogP contribution in [-0.2, 0) is 0 Å². The number of carbonyl (C=O) groups excluding carboxylic acids is 2. The van der Waals surface area contributed by atoms with Crippen LogP contribution in [0.4, 0.5) is 0 Å². The summed E-state index contributed by atoms with van der Waals surface area (Å²) >= 11 is 1.37. The van der Waals surface area contributed by atoms with E-state index in [9.17, 15) is 9.59 Å². The van der Waals surface area contributed by atoms with Gasteiger partial charge in [-0.05, 0) is 56.3 Å². The summed E-state index contributed by atoms with van der Waals surface area (Å²) in [5, 5.41) is 0.539. The summed E-state index contributed by atoms with van der Waals surface area (Å²) in [4.78, 5) is 30.4. The van der Waals surface area contributed by atoms with E-state index in [0.717, 1.165) is 4.90 Å². The first-order valence-corrected chi connectivity index (χ1v) is 10.4. The second-order valence-electron chi connectivity index (χ2n) is 6.71. The van der Waals surface area contributed by atoms with Gasteiger partial charge in [-0.25, -0.2) is 4.98 Å². The lowest BCUT2D eigenvalue weighted by molar-refractivity contribution is 0.0844. The van der Waals surface area contributed by atoms with E-state index in [4.69, 9.17) is 9.47 Å². The lowest BCUT2D eigenvalue weighted by Crippen LogP contribution is -2.41. The summed E-state index contributed by atoms with van der Waals surface area (Å²) in [7, 11) is 1.50. The molecule has 7 nitrogen and oxygen atoms in total. The first-order valence-electron chi connectivity index (χ1n) is 9.61. The Kier molecular flexibility index (Phi) is 7.50. The van der Waals surface area contributed by atoms with Crippen LogP contribution < -0.4 is 20.3 Å². The molecular formula is C23H23N3O4S. The van der Waals surface area contributed by atoms with E-state index in [1.165, 1.54) is 18.9 Å². The van der Waals surface area contributed by atoms with Gasteiger partial charge in [0.15, 0.2) is 11.5 Å². The Morgan fingerprint density at radius 1 is 0.935 bits per heavy atom. The smallest absolute Gasteiger partial charge is 0.272 e. The first kappa shape index (κ1) is 22.2. The highest BCUT2D eigenvalue weighted by atomic mass is 32.2. The number of hydrazine groups is 1. The number of nitrogens with one attached hydrogen (secondary N) is 2. The third kappa shape index (κ3) is 5.99. The number of carbonyl (C=O) groups is 2. The van der Waals surface area contributed by atoms with E-state index in [2.05, 4.69) is 15.8 Å². The van der Waals surface area contributed by atoms with Crippen molar-refractivity contribution in [2.24, 2.45) is 0 Å². The Morgan fingerprint density at radius 2 is 1.68 bits per heavy atom. The molecule has 2 N–H and O–H groups in total. The van der Waals surface area contributed by atoms with Gasteiger partial charge in [0.1, 0.15) is 5.03 Å². The molecule has 0 spiro atoms. The topological polar surface area (TPSA) is 89.6 Å². The predicted molar refractivity (Wildman–Crippen MR) is 118 cm³/mol. The van der Waals surface area contributed by atoms with Crippen molar-refractivity contribution in [1.82, 2.24) is 15.8 Å². The third-order valence-electron chi connectivity index (χ3n) is 4.05. The maximum absolute atomic E-state index is 12.7. The molecule has 0 aliphatic heterocycles. The minimum Gasteiger partial charge on any atom is -0.493 e. The number of nitrogens with zero attached hydrogens (tertiary/aromatic N) is 1. The molecule has 0 bridgehead atoms. The molecule has 0 aliphatic carbocycles. The molecule has 0 fully saturated rings. The molecule has 2 amide bonds. The van der Waals surface area contributed by atoms with E-state index in [0.29, 0.717) is 27.7 Å². The molecule has 31 heavy (non-hydrogen) atoms. The van der Waals surface area contributed by atoms with E-state index in [1.54, 1.807) is 36.5 Å². The van der Waals surface area contributed by atoms with Crippen LogP contribution >= 0.6 is 11.8 Å². The molecule has 0 radical (unpaired) electrons. The molecule has 0 aliphatic rings. The fraction of sp³-hybridized carbons (Fsp3) is 0.174. The van der Waals surface area contributed by atoms with Crippen molar-refractivity contribution in [3.63, 3.8) is 0 Å². The van der Waals surface area contributed by atoms with Gasteiger partial charge in [0.25, 0.3) is 11.8 Å². The Labute approximate surface area is 185 Å². The lowest BCUT2D eigenvalue weighted by Gasteiger charge is -2.15. The monoisotopic (exact) mass is 437 g/mol. The highest BCUT2D eigenvalue weighted by molar-refractivity contribution is 7.99. The van der Waals surface area contributed by atoms with Crippen molar-refractivity contribution < 1.29 is 19.1 Å². The zero-order chi connectivity index (χ0) is 22.2. The Balaban J connectivity index is 1.68. The van der Waals surface area contributed by atoms with Gasteiger partial charge in [-0.15, -0.1) is 0 Å². The molecule has 0 saturated heterocycles. The average Bonchev–Trinajstić information content (AvgIpc) is 2.78. The summed E-state index contributed by atoms with van der Waals surface area (Å²) in [6, 6.07) is 17.8. The number of benzene rings is 2. The van der Waals surface area contributed by atoms with Crippen molar-refractivity contribution in [2.75, 3.05) is 7.11 Å². The molecule has 0 unspecified atom stereocenters. The molecular weight excluding hydrogens is 414 g/mol. The lowest BCUT2D eigenvalue weighted by atomic mass is 10.2. The van der Waals surface area contributed by atoms with Gasteiger partial charge in [-0.3, -0.25) is 20.4 Å². The second kappa shape index (κ2) is 10.5. The molecule has 160 valence electrons.